The molecule has 138 valence electrons. The van der Waals surface area contributed by atoms with Gasteiger partial charge in [0.15, 0.2) is 11.5 Å². The van der Waals surface area contributed by atoms with Crippen molar-refractivity contribution in [1.29, 1.82) is 0 Å². The van der Waals surface area contributed by atoms with Gasteiger partial charge < -0.3 is 20.3 Å². The summed E-state index contributed by atoms with van der Waals surface area (Å²) in [4.78, 5) is 0. The Bertz CT molecular complexity index is 597. The van der Waals surface area contributed by atoms with E-state index >= 15 is 0 Å². The number of phenols is 1. The van der Waals surface area contributed by atoms with Gasteiger partial charge in [-0.25, -0.2) is 0 Å². The number of hydrogen-bond donors (Lipinski definition) is 3. The molecule has 2 aliphatic rings. The van der Waals surface area contributed by atoms with Crippen molar-refractivity contribution in [3.05, 3.63) is 35.9 Å². The Morgan fingerprint density at radius 3 is 2.84 bits per heavy atom. The summed E-state index contributed by atoms with van der Waals surface area (Å²) >= 11 is 0. The van der Waals surface area contributed by atoms with Crippen molar-refractivity contribution in [3.8, 4) is 11.5 Å². The molecular weight excluding hydrogens is 314 g/mol. The zero-order valence-corrected chi connectivity index (χ0v) is 15.2. The number of methoxy groups -OCH3 is 1. The highest BCUT2D eigenvalue weighted by atomic mass is 16.5. The summed E-state index contributed by atoms with van der Waals surface area (Å²) in [5, 5.41) is 24.7. The molecule has 1 fully saturated rings. The van der Waals surface area contributed by atoms with Gasteiger partial charge in [-0.05, 0) is 87.6 Å². The lowest BCUT2D eigenvalue weighted by Gasteiger charge is -2.37. The molecule has 2 aliphatic carbocycles. The van der Waals surface area contributed by atoms with Crippen LogP contribution in [0.3, 0.4) is 0 Å². The van der Waals surface area contributed by atoms with Crippen LogP contribution in [0.15, 0.2) is 30.4 Å². The van der Waals surface area contributed by atoms with Crippen LogP contribution in [0.25, 0.3) is 0 Å². The maximum absolute atomic E-state index is 11.2. The molecular formula is C21H31NO3. The second-order valence-corrected chi connectivity index (χ2v) is 7.61. The predicted octanol–water partition coefficient (Wildman–Crippen LogP) is 3.42. The molecule has 0 spiro atoms. The summed E-state index contributed by atoms with van der Waals surface area (Å²) in [7, 11) is 1.55. The normalized spacial score (nSPS) is 25.9. The molecule has 1 aromatic rings. The van der Waals surface area contributed by atoms with Crippen molar-refractivity contribution in [2.45, 2.75) is 50.5 Å². The monoisotopic (exact) mass is 345 g/mol. The minimum atomic E-state index is -0.741. The lowest BCUT2D eigenvalue weighted by atomic mass is 9.75. The van der Waals surface area contributed by atoms with Gasteiger partial charge in [-0.2, -0.15) is 0 Å². The molecule has 2 atom stereocenters. The largest absolute Gasteiger partial charge is 0.504 e. The number of phenolic OH excluding ortho intramolecular Hbond substituents is 1. The fourth-order valence-corrected chi connectivity index (χ4v) is 3.79. The number of ether oxygens (including phenoxy) is 1. The smallest absolute Gasteiger partial charge is 0.160 e. The van der Waals surface area contributed by atoms with Gasteiger partial charge >= 0.3 is 0 Å². The molecule has 3 rings (SSSR count). The first-order valence-electron chi connectivity index (χ1n) is 9.57. The van der Waals surface area contributed by atoms with Crippen molar-refractivity contribution >= 4 is 0 Å². The Morgan fingerprint density at radius 1 is 1.28 bits per heavy atom. The van der Waals surface area contributed by atoms with E-state index in [-0.39, 0.29) is 5.75 Å². The zero-order valence-electron chi connectivity index (χ0n) is 15.2. The van der Waals surface area contributed by atoms with E-state index in [1.165, 1.54) is 12.8 Å². The third-order valence-corrected chi connectivity index (χ3v) is 5.65. The van der Waals surface area contributed by atoms with Gasteiger partial charge in [0.1, 0.15) is 0 Å². The quantitative estimate of drug-likeness (QED) is 0.474. The van der Waals surface area contributed by atoms with Gasteiger partial charge in [0, 0.05) is 0 Å². The molecule has 25 heavy (non-hydrogen) atoms. The van der Waals surface area contributed by atoms with Gasteiger partial charge in [0.2, 0.25) is 0 Å². The van der Waals surface area contributed by atoms with Gasteiger partial charge in [-0.3, -0.25) is 0 Å². The lowest BCUT2D eigenvalue weighted by molar-refractivity contribution is 0.00744. The van der Waals surface area contributed by atoms with Crippen LogP contribution in [0.4, 0.5) is 0 Å². The summed E-state index contributed by atoms with van der Waals surface area (Å²) in [5.41, 5.74) is 0.283. The van der Waals surface area contributed by atoms with Crippen molar-refractivity contribution in [2.24, 2.45) is 11.8 Å². The third kappa shape index (κ3) is 4.99. The average Bonchev–Trinajstić information content (AvgIpc) is 3.43. The summed E-state index contributed by atoms with van der Waals surface area (Å²) < 4.78 is 5.09. The molecule has 1 saturated carbocycles. The standard InChI is InChI=1S/C21H31NO3/c1-25-20-8-7-16(14-19(20)23)9-12-21(24)11-3-2-4-18(21)10-13-22-15-17-5-6-17/h3,7-8,11,14,17-18,22-24H,2,4-6,9-10,12-13,15H2,1H3. The van der Waals surface area contributed by atoms with Crippen LogP contribution in [0, 0.1) is 11.8 Å². The summed E-state index contributed by atoms with van der Waals surface area (Å²) in [6.45, 7) is 2.12. The predicted molar refractivity (Wildman–Crippen MR) is 100 cm³/mol. The van der Waals surface area contributed by atoms with E-state index in [9.17, 15) is 10.2 Å². The Hall–Kier alpha value is -1.52. The van der Waals surface area contributed by atoms with Crippen LogP contribution < -0.4 is 10.1 Å². The molecule has 0 bridgehead atoms. The number of nitrogens with one attached hydrogen (secondary N) is 1. The highest BCUT2D eigenvalue weighted by Crippen LogP contribution is 2.36. The van der Waals surface area contributed by atoms with Crippen LogP contribution >= 0.6 is 0 Å². The number of benzene rings is 1. The van der Waals surface area contributed by atoms with Crippen LogP contribution in [0.5, 0.6) is 11.5 Å². The second kappa shape index (κ2) is 8.24. The molecule has 0 radical (unpaired) electrons. The van der Waals surface area contributed by atoms with Gasteiger partial charge in [0.05, 0.1) is 12.7 Å². The molecule has 1 aromatic carbocycles. The van der Waals surface area contributed by atoms with E-state index in [0.717, 1.165) is 50.3 Å². The number of aromatic hydroxyl groups is 1. The van der Waals surface area contributed by atoms with E-state index in [1.54, 1.807) is 19.2 Å². The summed E-state index contributed by atoms with van der Waals surface area (Å²) in [5.74, 6) is 1.84. The molecule has 0 aromatic heterocycles. The maximum atomic E-state index is 11.2. The Labute approximate surface area is 150 Å². The molecule has 0 saturated heterocycles. The van der Waals surface area contributed by atoms with Gasteiger partial charge in [0.25, 0.3) is 0 Å². The van der Waals surface area contributed by atoms with E-state index < -0.39 is 5.60 Å². The van der Waals surface area contributed by atoms with E-state index in [0.29, 0.717) is 18.1 Å². The van der Waals surface area contributed by atoms with Gasteiger partial charge in [-0.15, -0.1) is 0 Å². The first-order valence-corrected chi connectivity index (χ1v) is 9.57. The maximum Gasteiger partial charge on any atom is 0.160 e. The average molecular weight is 345 g/mol. The highest BCUT2D eigenvalue weighted by molar-refractivity contribution is 5.41. The Balaban J connectivity index is 1.54. The van der Waals surface area contributed by atoms with E-state index in [1.807, 2.05) is 12.1 Å². The first kappa shape index (κ1) is 18.3. The number of allylic oxidation sites excluding steroid dienone is 1. The van der Waals surface area contributed by atoms with Crippen LogP contribution in [-0.4, -0.2) is 36.0 Å². The third-order valence-electron chi connectivity index (χ3n) is 5.65. The second-order valence-electron chi connectivity index (χ2n) is 7.61. The molecule has 0 heterocycles. The molecule has 3 N–H and O–H groups in total. The molecule has 4 heteroatoms. The van der Waals surface area contributed by atoms with Crippen LogP contribution in [-0.2, 0) is 6.42 Å². The minimum absolute atomic E-state index is 0.159. The van der Waals surface area contributed by atoms with Crippen molar-refractivity contribution in [1.82, 2.24) is 5.32 Å². The molecule has 0 aliphatic heterocycles. The van der Waals surface area contributed by atoms with Gasteiger partial charge in [-0.1, -0.05) is 18.2 Å². The van der Waals surface area contributed by atoms with Crippen LogP contribution in [0.1, 0.15) is 44.1 Å². The van der Waals surface area contributed by atoms with Crippen molar-refractivity contribution < 1.29 is 14.9 Å². The molecule has 4 nitrogen and oxygen atoms in total. The highest BCUT2D eigenvalue weighted by Gasteiger charge is 2.35. The zero-order chi connectivity index (χ0) is 17.7. The SMILES string of the molecule is COc1ccc(CCC2(O)C=CCCC2CCNCC2CC2)cc1O. The lowest BCUT2D eigenvalue weighted by Crippen LogP contribution is -2.40. The number of hydrogen-bond acceptors (Lipinski definition) is 4. The van der Waals surface area contributed by atoms with E-state index in [4.69, 9.17) is 4.74 Å². The van der Waals surface area contributed by atoms with Crippen LogP contribution in [0.2, 0.25) is 0 Å². The minimum Gasteiger partial charge on any atom is -0.504 e. The Kier molecular flexibility index (Phi) is 6.02. The summed E-state index contributed by atoms with van der Waals surface area (Å²) in [6.07, 6.45) is 11.4. The molecule has 2 unspecified atom stereocenters. The van der Waals surface area contributed by atoms with Crippen molar-refractivity contribution in [3.63, 3.8) is 0 Å². The van der Waals surface area contributed by atoms with Crippen molar-refractivity contribution in [2.75, 3.05) is 20.2 Å². The molecule has 0 amide bonds. The topological polar surface area (TPSA) is 61.7 Å². The summed E-state index contributed by atoms with van der Waals surface area (Å²) in [6, 6.07) is 5.48. The van der Waals surface area contributed by atoms with E-state index in [2.05, 4.69) is 11.4 Å². The fraction of sp³-hybridized carbons (Fsp3) is 0.619. The fourth-order valence-electron chi connectivity index (χ4n) is 3.79. The Morgan fingerprint density at radius 2 is 2.12 bits per heavy atom. The first-order chi connectivity index (χ1) is 12.1. The number of aryl methyl sites for hydroxylation is 1. The number of aliphatic hydroxyl groups is 1. The number of rotatable bonds is 9.